The maximum Gasteiger partial charge on any atom is 0.261 e. The van der Waals surface area contributed by atoms with Gasteiger partial charge in [-0.25, -0.2) is 13.8 Å². The van der Waals surface area contributed by atoms with Crippen LogP contribution in [-0.2, 0) is 11.2 Å². The SMILES string of the molecule is CNC(C)c1ncc(CCOCC(F)F)o1. The minimum atomic E-state index is -2.42. The highest BCUT2D eigenvalue weighted by atomic mass is 19.3. The van der Waals surface area contributed by atoms with Crippen LogP contribution in [0.1, 0.15) is 24.6 Å². The van der Waals surface area contributed by atoms with E-state index in [-0.39, 0.29) is 12.6 Å². The third-order valence-corrected chi connectivity index (χ3v) is 2.11. The molecule has 6 heteroatoms. The molecule has 0 aliphatic rings. The second-order valence-corrected chi connectivity index (χ2v) is 3.39. The van der Waals surface area contributed by atoms with Crippen LogP contribution in [0, 0.1) is 0 Å². The number of nitrogens with one attached hydrogen (secondary N) is 1. The van der Waals surface area contributed by atoms with Crippen LogP contribution in [0.3, 0.4) is 0 Å². The lowest BCUT2D eigenvalue weighted by Gasteiger charge is -2.04. The Morgan fingerprint density at radius 3 is 2.94 bits per heavy atom. The molecule has 0 fully saturated rings. The molecule has 0 spiro atoms. The second kappa shape index (κ2) is 6.55. The molecule has 0 saturated heterocycles. The predicted octanol–water partition coefficient (Wildman–Crippen LogP) is 1.78. The van der Waals surface area contributed by atoms with Crippen molar-refractivity contribution >= 4 is 0 Å². The van der Waals surface area contributed by atoms with E-state index in [4.69, 9.17) is 9.15 Å². The third-order valence-electron chi connectivity index (χ3n) is 2.11. The molecule has 1 unspecified atom stereocenters. The molecule has 0 saturated carbocycles. The van der Waals surface area contributed by atoms with Gasteiger partial charge in [0.15, 0.2) is 0 Å². The Labute approximate surface area is 93.0 Å². The van der Waals surface area contributed by atoms with Crippen molar-refractivity contribution in [2.75, 3.05) is 20.3 Å². The van der Waals surface area contributed by atoms with Gasteiger partial charge in [0.1, 0.15) is 12.4 Å². The molecule has 0 radical (unpaired) electrons. The summed E-state index contributed by atoms with van der Waals surface area (Å²) in [6.45, 7) is 1.60. The number of aromatic nitrogens is 1. The van der Waals surface area contributed by atoms with Gasteiger partial charge in [0.2, 0.25) is 5.89 Å². The van der Waals surface area contributed by atoms with Crippen molar-refractivity contribution in [3.8, 4) is 0 Å². The van der Waals surface area contributed by atoms with E-state index < -0.39 is 13.0 Å². The summed E-state index contributed by atoms with van der Waals surface area (Å²) in [5, 5.41) is 2.99. The van der Waals surface area contributed by atoms with Crippen LogP contribution in [0.4, 0.5) is 8.78 Å². The molecule has 1 rings (SSSR count). The number of hydrogen-bond donors (Lipinski definition) is 1. The van der Waals surface area contributed by atoms with Gasteiger partial charge in [-0.1, -0.05) is 0 Å². The Morgan fingerprint density at radius 1 is 1.56 bits per heavy atom. The summed E-state index contributed by atoms with van der Waals surface area (Å²) in [6, 6.07) is 0.0377. The topological polar surface area (TPSA) is 47.3 Å². The van der Waals surface area contributed by atoms with E-state index in [1.165, 1.54) is 0 Å². The highest BCUT2D eigenvalue weighted by Gasteiger charge is 2.10. The fourth-order valence-corrected chi connectivity index (χ4v) is 1.11. The first-order valence-corrected chi connectivity index (χ1v) is 5.11. The van der Waals surface area contributed by atoms with Gasteiger partial charge in [-0.3, -0.25) is 0 Å². The molecule has 1 atom stereocenters. The zero-order valence-corrected chi connectivity index (χ0v) is 9.37. The van der Waals surface area contributed by atoms with E-state index in [0.29, 0.717) is 18.1 Å². The van der Waals surface area contributed by atoms with E-state index in [1.807, 2.05) is 6.92 Å². The molecular formula is C10H16F2N2O2. The Morgan fingerprint density at radius 2 is 2.31 bits per heavy atom. The lowest BCUT2D eigenvalue weighted by molar-refractivity contribution is 0.0176. The predicted molar refractivity (Wildman–Crippen MR) is 54.5 cm³/mol. The number of ether oxygens (including phenoxy) is 1. The minimum Gasteiger partial charge on any atom is -0.444 e. The second-order valence-electron chi connectivity index (χ2n) is 3.39. The summed E-state index contributed by atoms with van der Waals surface area (Å²) in [4.78, 5) is 4.07. The number of oxazole rings is 1. The molecule has 92 valence electrons. The Balaban J connectivity index is 2.29. The number of nitrogens with zero attached hydrogens (tertiary/aromatic N) is 1. The first-order chi connectivity index (χ1) is 7.63. The fraction of sp³-hybridized carbons (Fsp3) is 0.700. The summed E-state index contributed by atoms with van der Waals surface area (Å²) < 4.78 is 33.6. The van der Waals surface area contributed by atoms with Crippen LogP contribution >= 0.6 is 0 Å². The molecule has 1 N–H and O–H groups in total. The highest BCUT2D eigenvalue weighted by Crippen LogP contribution is 2.12. The van der Waals surface area contributed by atoms with Crippen molar-refractivity contribution in [3.63, 3.8) is 0 Å². The lowest BCUT2D eigenvalue weighted by Crippen LogP contribution is -2.12. The molecule has 0 aromatic carbocycles. The molecule has 0 aliphatic heterocycles. The maximum atomic E-state index is 11.7. The highest BCUT2D eigenvalue weighted by molar-refractivity contribution is 4.97. The average Bonchev–Trinajstić information content (AvgIpc) is 2.71. The standard InChI is InChI=1S/C10H16F2N2O2/c1-7(13-2)10-14-5-8(16-10)3-4-15-6-9(11)12/h5,7,9,13H,3-4,6H2,1-2H3. The summed E-state index contributed by atoms with van der Waals surface area (Å²) >= 11 is 0. The molecule has 1 heterocycles. The van der Waals surface area contributed by atoms with E-state index in [2.05, 4.69) is 10.3 Å². The van der Waals surface area contributed by atoms with Gasteiger partial charge in [-0.15, -0.1) is 0 Å². The number of hydrogen-bond acceptors (Lipinski definition) is 4. The fourth-order valence-electron chi connectivity index (χ4n) is 1.11. The first kappa shape index (κ1) is 13.1. The lowest BCUT2D eigenvalue weighted by atomic mass is 10.3. The molecule has 0 amide bonds. The van der Waals surface area contributed by atoms with Crippen LogP contribution in [-0.4, -0.2) is 31.7 Å². The number of halogens is 2. The van der Waals surface area contributed by atoms with Gasteiger partial charge in [0, 0.05) is 6.42 Å². The minimum absolute atomic E-state index is 0.0377. The first-order valence-electron chi connectivity index (χ1n) is 5.11. The van der Waals surface area contributed by atoms with Crippen LogP contribution in [0.5, 0.6) is 0 Å². The third kappa shape index (κ3) is 4.24. The van der Waals surface area contributed by atoms with Gasteiger partial charge >= 0.3 is 0 Å². The maximum absolute atomic E-state index is 11.7. The largest absolute Gasteiger partial charge is 0.444 e. The van der Waals surface area contributed by atoms with Gasteiger partial charge in [-0.2, -0.15) is 0 Å². The van der Waals surface area contributed by atoms with Crippen molar-refractivity contribution in [1.29, 1.82) is 0 Å². The smallest absolute Gasteiger partial charge is 0.261 e. The Kier molecular flexibility index (Phi) is 5.34. The molecule has 16 heavy (non-hydrogen) atoms. The van der Waals surface area contributed by atoms with Crippen molar-refractivity contribution in [1.82, 2.24) is 10.3 Å². The quantitative estimate of drug-likeness (QED) is 0.730. The van der Waals surface area contributed by atoms with Gasteiger partial charge in [0.05, 0.1) is 18.8 Å². The zero-order valence-electron chi connectivity index (χ0n) is 9.37. The number of rotatable bonds is 7. The van der Waals surface area contributed by atoms with Gasteiger partial charge in [0.25, 0.3) is 6.43 Å². The summed E-state index contributed by atoms with van der Waals surface area (Å²) in [6.07, 6.45) is -0.375. The summed E-state index contributed by atoms with van der Waals surface area (Å²) in [5.74, 6) is 1.23. The molecule has 0 aliphatic carbocycles. The monoisotopic (exact) mass is 234 g/mol. The molecule has 4 nitrogen and oxygen atoms in total. The molecule has 1 aromatic heterocycles. The van der Waals surface area contributed by atoms with Crippen molar-refractivity contribution in [3.05, 3.63) is 17.8 Å². The molecular weight excluding hydrogens is 218 g/mol. The van der Waals surface area contributed by atoms with E-state index >= 15 is 0 Å². The Hall–Kier alpha value is -1.01. The van der Waals surface area contributed by atoms with Gasteiger partial charge < -0.3 is 14.5 Å². The molecule has 1 aromatic rings. The van der Waals surface area contributed by atoms with Crippen molar-refractivity contribution in [2.24, 2.45) is 0 Å². The summed E-state index contributed by atoms with van der Waals surface area (Å²) in [5.41, 5.74) is 0. The van der Waals surface area contributed by atoms with Crippen LogP contribution < -0.4 is 5.32 Å². The molecule has 0 bridgehead atoms. The van der Waals surface area contributed by atoms with Crippen molar-refractivity contribution < 1.29 is 17.9 Å². The van der Waals surface area contributed by atoms with Crippen LogP contribution in [0.15, 0.2) is 10.6 Å². The normalized spacial score (nSPS) is 13.3. The van der Waals surface area contributed by atoms with E-state index in [1.54, 1.807) is 13.2 Å². The summed E-state index contributed by atoms with van der Waals surface area (Å²) in [7, 11) is 1.81. The van der Waals surface area contributed by atoms with E-state index in [0.717, 1.165) is 0 Å². The zero-order chi connectivity index (χ0) is 12.0. The average molecular weight is 234 g/mol. The van der Waals surface area contributed by atoms with E-state index in [9.17, 15) is 8.78 Å². The number of alkyl halides is 2. The Bertz CT molecular complexity index is 305. The van der Waals surface area contributed by atoms with Crippen LogP contribution in [0.25, 0.3) is 0 Å². The van der Waals surface area contributed by atoms with Gasteiger partial charge in [-0.05, 0) is 14.0 Å². The van der Waals surface area contributed by atoms with Crippen molar-refractivity contribution in [2.45, 2.75) is 25.8 Å². The van der Waals surface area contributed by atoms with Crippen LogP contribution in [0.2, 0.25) is 0 Å².